The minimum absolute atomic E-state index is 0.0716. The Labute approximate surface area is 182 Å². The van der Waals surface area contributed by atoms with Gasteiger partial charge in [-0.1, -0.05) is 52.8 Å². The number of rotatable bonds is 10. The van der Waals surface area contributed by atoms with Gasteiger partial charge in [-0.15, -0.1) is 0 Å². The highest BCUT2D eigenvalue weighted by molar-refractivity contribution is 6.43. The summed E-state index contributed by atoms with van der Waals surface area (Å²) in [6.45, 7) is 5.97. The number of esters is 1. The summed E-state index contributed by atoms with van der Waals surface area (Å²) in [4.78, 5) is 27.5. The Morgan fingerprint density at radius 1 is 1.06 bits per heavy atom. The zero-order valence-corrected chi connectivity index (χ0v) is 18.8. The Hall–Kier alpha value is -3.23. The molecule has 0 aromatic heterocycles. The van der Waals surface area contributed by atoms with Gasteiger partial charge >= 0.3 is 5.97 Å². The van der Waals surface area contributed by atoms with Gasteiger partial charge in [-0.2, -0.15) is 5.48 Å². The molecule has 1 atom stereocenters. The quantitative estimate of drug-likeness (QED) is 0.353. The number of hydroxylamine groups is 1. The van der Waals surface area contributed by atoms with Crippen LogP contribution in [0.15, 0.2) is 52.8 Å². The van der Waals surface area contributed by atoms with Crippen molar-refractivity contribution in [1.82, 2.24) is 5.48 Å². The van der Waals surface area contributed by atoms with E-state index in [1.54, 1.807) is 13.2 Å². The highest BCUT2D eigenvalue weighted by Crippen LogP contribution is 2.19. The molecule has 1 N–H and O–H groups in total. The molecule has 0 aliphatic rings. The first-order valence-electron chi connectivity index (χ1n) is 9.76. The summed E-state index contributed by atoms with van der Waals surface area (Å²) >= 11 is 0. The molecular formula is C23H29N3O5. The third kappa shape index (κ3) is 6.37. The van der Waals surface area contributed by atoms with Crippen molar-refractivity contribution in [3.8, 4) is 0 Å². The fraction of sp³-hybridized carbons (Fsp3) is 0.348. The molecule has 31 heavy (non-hydrogen) atoms. The Bertz CT molecular complexity index is 939. The summed E-state index contributed by atoms with van der Waals surface area (Å²) in [6, 6.07) is 13.6. The number of nitrogens with one attached hydrogen (secondary N) is 1. The second-order valence-electron chi connectivity index (χ2n) is 6.83. The minimum atomic E-state index is -0.592. The molecule has 1 unspecified atom stereocenters. The van der Waals surface area contributed by atoms with Crippen LogP contribution < -0.4 is 5.48 Å². The van der Waals surface area contributed by atoms with Crippen LogP contribution in [-0.2, 0) is 30.7 Å². The van der Waals surface area contributed by atoms with Crippen molar-refractivity contribution in [2.75, 3.05) is 21.3 Å². The molecule has 0 fully saturated rings. The fourth-order valence-electron chi connectivity index (χ4n) is 3.00. The highest BCUT2D eigenvalue weighted by atomic mass is 16.6. The number of carbonyl (C=O) groups is 1. The van der Waals surface area contributed by atoms with Crippen LogP contribution in [0.1, 0.15) is 47.7 Å². The molecule has 8 nitrogen and oxygen atoms in total. The SMILES string of the molecule is CO/N=C(/C(=O)OC)c1cccc(C)c1CO/N=C(\C)c1ccc(C(C)NOC)cc1. The van der Waals surface area contributed by atoms with E-state index in [0.29, 0.717) is 5.56 Å². The molecule has 8 heteroatoms. The van der Waals surface area contributed by atoms with Crippen LogP contribution in [-0.4, -0.2) is 38.7 Å². The summed E-state index contributed by atoms with van der Waals surface area (Å²) in [5, 5.41) is 8.07. The largest absolute Gasteiger partial charge is 0.464 e. The van der Waals surface area contributed by atoms with E-state index in [1.165, 1.54) is 14.2 Å². The zero-order valence-electron chi connectivity index (χ0n) is 18.8. The normalized spacial score (nSPS) is 13.0. The Balaban J connectivity index is 2.18. The second kappa shape index (κ2) is 11.8. The Kier molecular flexibility index (Phi) is 9.17. The average Bonchev–Trinajstić information content (AvgIpc) is 2.78. The first kappa shape index (κ1) is 24.0. The summed E-state index contributed by atoms with van der Waals surface area (Å²) in [5.41, 5.74) is 8.01. The maximum absolute atomic E-state index is 12.1. The second-order valence-corrected chi connectivity index (χ2v) is 6.83. The van der Waals surface area contributed by atoms with Crippen molar-refractivity contribution < 1.29 is 24.0 Å². The van der Waals surface area contributed by atoms with Crippen LogP contribution in [0.5, 0.6) is 0 Å². The summed E-state index contributed by atoms with van der Waals surface area (Å²) in [7, 11) is 4.26. The van der Waals surface area contributed by atoms with Gasteiger partial charge in [-0.05, 0) is 37.5 Å². The van der Waals surface area contributed by atoms with E-state index in [9.17, 15) is 4.79 Å². The lowest BCUT2D eigenvalue weighted by molar-refractivity contribution is -0.132. The Morgan fingerprint density at radius 2 is 1.77 bits per heavy atom. The Morgan fingerprint density at radius 3 is 2.39 bits per heavy atom. The molecule has 0 amide bonds. The highest BCUT2D eigenvalue weighted by Gasteiger charge is 2.20. The number of carbonyl (C=O) groups excluding carboxylic acids is 1. The number of benzene rings is 2. The maximum Gasteiger partial charge on any atom is 0.360 e. The molecule has 2 rings (SSSR count). The van der Waals surface area contributed by atoms with Gasteiger partial charge < -0.3 is 19.2 Å². The van der Waals surface area contributed by atoms with Gasteiger partial charge in [0, 0.05) is 11.1 Å². The van der Waals surface area contributed by atoms with Gasteiger partial charge in [0.1, 0.15) is 13.7 Å². The van der Waals surface area contributed by atoms with E-state index in [0.717, 1.165) is 28.0 Å². The topological polar surface area (TPSA) is 90.7 Å². The van der Waals surface area contributed by atoms with Crippen LogP contribution in [0.25, 0.3) is 0 Å². The monoisotopic (exact) mass is 427 g/mol. The first-order valence-corrected chi connectivity index (χ1v) is 9.76. The number of nitrogens with zero attached hydrogens (tertiary/aromatic N) is 2. The number of methoxy groups -OCH3 is 1. The minimum Gasteiger partial charge on any atom is -0.464 e. The van der Waals surface area contributed by atoms with Crippen molar-refractivity contribution in [2.45, 2.75) is 33.4 Å². The zero-order chi connectivity index (χ0) is 22.8. The van der Waals surface area contributed by atoms with Crippen LogP contribution in [0.4, 0.5) is 0 Å². The maximum atomic E-state index is 12.1. The van der Waals surface area contributed by atoms with Crippen molar-refractivity contribution in [3.05, 3.63) is 70.3 Å². The van der Waals surface area contributed by atoms with Gasteiger partial charge in [0.2, 0.25) is 0 Å². The summed E-state index contributed by atoms with van der Waals surface area (Å²) in [6.07, 6.45) is 0. The van der Waals surface area contributed by atoms with E-state index in [4.69, 9.17) is 19.2 Å². The van der Waals surface area contributed by atoms with E-state index < -0.39 is 5.97 Å². The molecule has 0 saturated carbocycles. The number of aryl methyl sites for hydroxylation is 1. The van der Waals surface area contributed by atoms with Gasteiger partial charge in [0.15, 0.2) is 5.71 Å². The number of hydrogen-bond acceptors (Lipinski definition) is 8. The summed E-state index contributed by atoms with van der Waals surface area (Å²) in [5.74, 6) is -0.592. The van der Waals surface area contributed by atoms with Gasteiger partial charge in [0.25, 0.3) is 0 Å². The summed E-state index contributed by atoms with van der Waals surface area (Å²) < 4.78 is 4.83. The fourth-order valence-corrected chi connectivity index (χ4v) is 3.00. The van der Waals surface area contributed by atoms with Crippen molar-refractivity contribution in [2.24, 2.45) is 10.3 Å². The van der Waals surface area contributed by atoms with E-state index in [1.807, 2.05) is 57.2 Å². The van der Waals surface area contributed by atoms with Crippen LogP contribution in [0, 0.1) is 6.92 Å². The number of ether oxygens (including phenoxy) is 1. The van der Waals surface area contributed by atoms with Gasteiger partial charge in [-0.25, -0.2) is 4.79 Å². The number of oxime groups is 2. The van der Waals surface area contributed by atoms with Crippen LogP contribution >= 0.6 is 0 Å². The lowest BCUT2D eigenvalue weighted by Crippen LogP contribution is -2.20. The molecule has 0 saturated heterocycles. The van der Waals surface area contributed by atoms with Crippen molar-refractivity contribution >= 4 is 17.4 Å². The molecule has 0 heterocycles. The average molecular weight is 428 g/mol. The molecule has 0 spiro atoms. The van der Waals surface area contributed by atoms with Crippen molar-refractivity contribution in [1.29, 1.82) is 0 Å². The van der Waals surface area contributed by atoms with E-state index >= 15 is 0 Å². The molecule has 0 aliphatic heterocycles. The molecular weight excluding hydrogens is 398 g/mol. The van der Waals surface area contributed by atoms with Gasteiger partial charge in [0.05, 0.1) is 26.0 Å². The molecule has 166 valence electrons. The molecule has 0 bridgehead atoms. The third-order valence-electron chi connectivity index (χ3n) is 4.76. The molecule has 0 radical (unpaired) electrons. The molecule has 2 aromatic carbocycles. The van der Waals surface area contributed by atoms with Crippen LogP contribution in [0.2, 0.25) is 0 Å². The standard InChI is InChI=1S/C23H29N3O5/c1-15-8-7-9-20(22(26-30-6)23(27)28-4)21(15)14-31-25-17(3)19-12-10-18(11-13-19)16(2)24-29-5/h7-13,16,24H,14H2,1-6H3/b25-17+,26-22+. The van der Waals surface area contributed by atoms with Crippen LogP contribution in [0.3, 0.4) is 0 Å². The first-order chi connectivity index (χ1) is 14.9. The molecule has 2 aromatic rings. The number of hydrogen-bond donors (Lipinski definition) is 1. The van der Waals surface area contributed by atoms with Crippen molar-refractivity contribution in [3.63, 3.8) is 0 Å². The third-order valence-corrected chi connectivity index (χ3v) is 4.76. The van der Waals surface area contributed by atoms with Gasteiger partial charge in [-0.3, -0.25) is 0 Å². The smallest absolute Gasteiger partial charge is 0.360 e. The van der Waals surface area contributed by atoms with E-state index in [2.05, 4.69) is 15.8 Å². The van der Waals surface area contributed by atoms with E-state index in [-0.39, 0.29) is 18.4 Å². The molecule has 0 aliphatic carbocycles. The lowest BCUT2D eigenvalue weighted by atomic mass is 9.99. The lowest BCUT2D eigenvalue weighted by Gasteiger charge is -2.13. The predicted molar refractivity (Wildman–Crippen MR) is 119 cm³/mol. The predicted octanol–water partition coefficient (Wildman–Crippen LogP) is 3.67.